The SMILES string of the molecule is O=C(NN=Cc1ccc([N+](=O)[O-])s1)c1ccncc1. The molecule has 0 radical (unpaired) electrons. The van der Waals surface area contributed by atoms with Gasteiger partial charge in [-0.25, -0.2) is 5.43 Å². The van der Waals surface area contributed by atoms with Gasteiger partial charge in [-0.2, -0.15) is 5.10 Å². The molecule has 0 atom stereocenters. The fourth-order valence-corrected chi connectivity index (χ4v) is 1.93. The van der Waals surface area contributed by atoms with Crippen LogP contribution in [0.3, 0.4) is 0 Å². The van der Waals surface area contributed by atoms with Gasteiger partial charge in [-0.1, -0.05) is 11.3 Å². The first-order valence-corrected chi connectivity index (χ1v) is 5.96. The summed E-state index contributed by atoms with van der Waals surface area (Å²) in [7, 11) is 0. The monoisotopic (exact) mass is 276 g/mol. The maximum absolute atomic E-state index is 11.6. The van der Waals surface area contributed by atoms with E-state index in [1.807, 2.05) is 0 Å². The number of hydrogen-bond acceptors (Lipinski definition) is 6. The van der Waals surface area contributed by atoms with Crippen LogP contribution in [0.15, 0.2) is 41.8 Å². The molecule has 0 saturated carbocycles. The maximum Gasteiger partial charge on any atom is 0.324 e. The highest BCUT2D eigenvalue weighted by Crippen LogP contribution is 2.22. The second-order valence-electron chi connectivity index (χ2n) is 3.37. The summed E-state index contributed by atoms with van der Waals surface area (Å²) in [5, 5.41) is 14.2. The Balaban J connectivity index is 1.96. The summed E-state index contributed by atoms with van der Waals surface area (Å²) < 4.78 is 0. The van der Waals surface area contributed by atoms with Crippen molar-refractivity contribution in [3.8, 4) is 0 Å². The van der Waals surface area contributed by atoms with Crippen LogP contribution in [0.2, 0.25) is 0 Å². The molecular formula is C11H8N4O3S. The fraction of sp³-hybridized carbons (Fsp3) is 0. The van der Waals surface area contributed by atoms with Crippen LogP contribution in [0.4, 0.5) is 5.00 Å². The number of nitrogens with zero attached hydrogens (tertiary/aromatic N) is 3. The summed E-state index contributed by atoms with van der Waals surface area (Å²) in [6.45, 7) is 0. The van der Waals surface area contributed by atoms with Crippen LogP contribution < -0.4 is 5.43 Å². The van der Waals surface area contributed by atoms with Gasteiger partial charge in [-0.05, 0) is 18.2 Å². The van der Waals surface area contributed by atoms with E-state index in [0.717, 1.165) is 11.3 Å². The number of hydrazone groups is 1. The molecule has 19 heavy (non-hydrogen) atoms. The molecule has 1 amide bonds. The van der Waals surface area contributed by atoms with Gasteiger partial charge in [0.1, 0.15) is 0 Å². The van der Waals surface area contributed by atoms with Crippen molar-refractivity contribution in [2.24, 2.45) is 5.10 Å². The Hall–Kier alpha value is -2.61. The number of amides is 1. The Labute approximate surface area is 111 Å². The summed E-state index contributed by atoms with van der Waals surface area (Å²) in [5.74, 6) is -0.371. The summed E-state index contributed by atoms with van der Waals surface area (Å²) >= 11 is 0.979. The Bertz CT molecular complexity index is 624. The van der Waals surface area contributed by atoms with E-state index in [0.29, 0.717) is 10.4 Å². The Morgan fingerprint density at radius 1 is 1.37 bits per heavy atom. The lowest BCUT2D eigenvalue weighted by Crippen LogP contribution is -2.17. The quantitative estimate of drug-likeness (QED) is 0.523. The molecule has 96 valence electrons. The van der Waals surface area contributed by atoms with Gasteiger partial charge in [0.2, 0.25) is 0 Å². The topological polar surface area (TPSA) is 97.5 Å². The number of carbonyl (C=O) groups is 1. The molecule has 2 heterocycles. The highest BCUT2D eigenvalue weighted by atomic mass is 32.1. The van der Waals surface area contributed by atoms with Crippen LogP contribution in [0.25, 0.3) is 0 Å². The van der Waals surface area contributed by atoms with Gasteiger partial charge in [-0.3, -0.25) is 19.9 Å². The summed E-state index contributed by atoms with van der Waals surface area (Å²) in [6, 6.07) is 6.06. The van der Waals surface area contributed by atoms with E-state index in [1.54, 1.807) is 18.2 Å². The number of thiophene rings is 1. The van der Waals surface area contributed by atoms with Gasteiger partial charge < -0.3 is 0 Å². The van der Waals surface area contributed by atoms with Crippen LogP contribution in [0.1, 0.15) is 15.2 Å². The first-order valence-electron chi connectivity index (χ1n) is 5.14. The molecule has 0 aliphatic rings. The fourth-order valence-electron chi connectivity index (χ4n) is 1.23. The van der Waals surface area contributed by atoms with Crippen LogP contribution in [0, 0.1) is 10.1 Å². The zero-order valence-corrected chi connectivity index (χ0v) is 10.3. The van der Waals surface area contributed by atoms with Gasteiger partial charge in [0.15, 0.2) is 0 Å². The van der Waals surface area contributed by atoms with Crippen LogP contribution >= 0.6 is 11.3 Å². The second-order valence-corrected chi connectivity index (χ2v) is 4.46. The van der Waals surface area contributed by atoms with Crippen molar-refractivity contribution in [1.82, 2.24) is 10.4 Å². The highest BCUT2D eigenvalue weighted by molar-refractivity contribution is 7.16. The van der Waals surface area contributed by atoms with Crippen LogP contribution in [-0.2, 0) is 0 Å². The molecule has 0 fully saturated rings. The standard InChI is InChI=1S/C11H8N4O3S/c16-11(8-3-5-12-6-4-8)14-13-7-9-1-2-10(19-9)15(17)18/h1-7H,(H,14,16). The Kier molecular flexibility index (Phi) is 3.94. The molecule has 2 aromatic heterocycles. The predicted octanol–water partition coefficient (Wildman–Crippen LogP) is 1.82. The number of carbonyl (C=O) groups excluding carboxylic acids is 1. The number of aromatic nitrogens is 1. The molecule has 2 aromatic rings. The first kappa shape index (κ1) is 12.8. The summed E-state index contributed by atoms with van der Waals surface area (Å²) in [4.78, 5) is 26.0. The first-order chi connectivity index (χ1) is 9.16. The number of hydrogen-bond donors (Lipinski definition) is 1. The zero-order chi connectivity index (χ0) is 13.7. The van der Waals surface area contributed by atoms with Crippen molar-refractivity contribution >= 4 is 28.5 Å². The third kappa shape index (κ3) is 3.42. The number of rotatable bonds is 4. The van der Waals surface area contributed by atoms with Crippen molar-refractivity contribution in [3.05, 3.63) is 57.2 Å². The van der Waals surface area contributed by atoms with Crippen molar-refractivity contribution < 1.29 is 9.72 Å². The zero-order valence-electron chi connectivity index (χ0n) is 9.52. The van der Waals surface area contributed by atoms with E-state index in [-0.39, 0.29) is 10.9 Å². The minimum atomic E-state index is -0.475. The van der Waals surface area contributed by atoms with E-state index in [9.17, 15) is 14.9 Å². The average Bonchev–Trinajstić information content (AvgIpc) is 2.89. The van der Waals surface area contributed by atoms with Crippen LogP contribution in [-0.4, -0.2) is 22.0 Å². The molecule has 0 saturated heterocycles. The molecule has 8 heteroatoms. The minimum absolute atomic E-state index is 0.0295. The van der Waals surface area contributed by atoms with E-state index < -0.39 is 4.92 Å². The Morgan fingerprint density at radius 2 is 2.11 bits per heavy atom. The molecule has 0 aromatic carbocycles. The van der Waals surface area contributed by atoms with E-state index in [2.05, 4.69) is 15.5 Å². The van der Waals surface area contributed by atoms with Crippen molar-refractivity contribution in [2.45, 2.75) is 0 Å². The molecule has 0 unspecified atom stereocenters. The summed E-state index contributed by atoms with van der Waals surface area (Å²) in [5.41, 5.74) is 2.76. The van der Waals surface area contributed by atoms with E-state index in [1.165, 1.54) is 24.7 Å². The largest absolute Gasteiger partial charge is 0.324 e. The number of pyridine rings is 1. The second kappa shape index (κ2) is 5.83. The van der Waals surface area contributed by atoms with Crippen molar-refractivity contribution in [3.63, 3.8) is 0 Å². The lowest BCUT2D eigenvalue weighted by molar-refractivity contribution is -0.380. The van der Waals surface area contributed by atoms with Gasteiger partial charge in [0.05, 0.1) is 16.0 Å². The molecule has 0 bridgehead atoms. The number of nitrogens with one attached hydrogen (secondary N) is 1. The van der Waals surface area contributed by atoms with E-state index in [4.69, 9.17) is 0 Å². The van der Waals surface area contributed by atoms with Gasteiger partial charge >= 0.3 is 5.00 Å². The molecule has 0 aliphatic heterocycles. The minimum Gasteiger partial charge on any atom is -0.267 e. The van der Waals surface area contributed by atoms with Crippen molar-refractivity contribution in [2.75, 3.05) is 0 Å². The molecular weight excluding hydrogens is 268 g/mol. The number of nitro groups is 1. The smallest absolute Gasteiger partial charge is 0.267 e. The molecule has 1 N–H and O–H groups in total. The molecule has 7 nitrogen and oxygen atoms in total. The predicted molar refractivity (Wildman–Crippen MR) is 70.3 cm³/mol. The van der Waals surface area contributed by atoms with Crippen LogP contribution in [0.5, 0.6) is 0 Å². The molecule has 0 spiro atoms. The molecule has 0 aliphatic carbocycles. The molecule has 2 rings (SSSR count). The van der Waals surface area contributed by atoms with E-state index >= 15 is 0 Å². The van der Waals surface area contributed by atoms with Gasteiger partial charge in [0, 0.05) is 24.0 Å². The third-order valence-electron chi connectivity index (χ3n) is 2.09. The lowest BCUT2D eigenvalue weighted by Gasteiger charge is -1.97. The highest BCUT2D eigenvalue weighted by Gasteiger charge is 2.08. The summed E-state index contributed by atoms with van der Waals surface area (Å²) in [6.07, 6.45) is 4.36. The third-order valence-corrected chi connectivity index (χ3v) is 3.06. The van der Waals surface area contributed by atoms with Gasteiger partial charge in [0.25, 0.3) is 5.91 Å². The van der Waals surface area contributed by atoms with Crippen molar-refractivity contribution in [1.29, 1.82) is 0 Å². The Morgan fingerprint density at radius 3 is 2.74 bits per heavy atom. The maximum atomic E-state index is 11.6. The lowest BCUT2D eigenvalue weighted by atomic mass is 10.3. The normalized spacial score (nSPS) is 10.5. The van der Waals surface area contributed by atoms with Gasteiger partial charge in [-0.15, -0.1) is 0 Å². The average molecular weight is 276 g/mol.